The maximum absolute atomic E-state index is 12.8. The Morgan fingerprint density at radius 3 is 2.35 bits per heavy atom. The first kappa shape index (κ1) is 22.4. The minimum Gasteiger partial charge on any atom is -0.434 e. The Morgan fingerprint density at radius 2 is 1.77 bits per heavy atom. The minimum absolute atomic E-state index is 0.000245. The Hall–Kier alpha value is -3.28. The van der Waals surface area contributed by atoms with Gasteiger partial charge >= 0.3 is 6.61 Å². The summed E-state index contributed by atoms with van der Waals surface area (Å²) in [4.78, 5) is 26.6. The van der Waals surface area contributed by atoms with Gasteiger partial charge in [0.1, 0.15) is 11.4 Å². The number of rotatable bonds is 6. The van der Waals surface area contributed by atoms with E-state index in [9.17, 15) is 32.1 Å². The molecule has 0 unspecified atom stereocenters. The second kappa shape index (κ2) is 8.84. The van der Waals surface area contributed by atoms with E-state index in [1.54, 1.807) is 4.90 Å². The van der Waals surface area contributed by atoms with Gasteiger partial charge in [0.15, 0.2) is 9.84 Å². The van der Waals surface area contributed by atoms with Crippen LogP contribution in [0.3, 0.4) is 0 Å². The number of carbonyl (C=O) groups is 1. The third-order valence-electron chi connectivity index (χ3n) is 4.81. The zero-order chi connectivity index (χ0) is 22.8. The smallest absolute Gasteiger partial charge is 0.387 e. The van der Waals surface area contributed by atoms with Crippen LogP contribution in [0.4, 0.5) is 20.2 Å². The highest BCUT2D eigenvalue weighted by Gasteiger charge is 2.28. The Bertz CT molecular complexity index is 1100. The number of hydrogen-bond acceptors (Lipinski definition) is 7. The average molecular weight is 455 g/mol. The first-order chi connectivity index (χ1) is 14.6. The molecule has 0 radical (unpaired) electrons. The summed E-state index contributed by atoms with van der Waals surface area (Å²) in [6.07, 6.45) is 0.964. The van der Waals surface area contributed by atoms with Crippen LogP contribution in [0.5, 0.6) is 5.75 Å². The zero-order valence-electron chi connectivity index (χ0n) is 16.4. The number of amides is 1. The molecule has 0 saturated carbocycles. The van der Waals surface area contributed by atoms with Gasteiger partial charge in [-0.2, -0.15) is 8.78 Å². The first-order valence-corrected chi connectivity index (χ1v) is 11.0. The monoisotopic (exact) mass is 455 g/mol. The summed E-state index contributed by atoms with van der Waals surface area (Å²) in [5.41, 5.74) is -0.107. The number of alkyl halides is 2. The molecule has 1 fully saturated rings. The van der Waals surface area contributed by atoms with Gasteiger partial charge < -0.3 is 14.5 Å². The standard InChI is InChI=1S/C19H19F2N3O6S/c1-31(28,29)13-6-7-15(16(12-13)24(26)27)22-8-10-23(11-9-22)18(25)14-4-2-3-5-17(14)30-19(20)21/h2-7,12,19H,8-11H2,1H3. The van der Waals surface area contributed by atoms with Crippen LogP contribution < -0.4 is 9.64 Å². The van der Waals surface area contributed by atoms with Crippen LogP contribution in [0, 0.1) is 10.1 Å². The van der Waals surface area contributed by atoms with Gasteiger partial charge in [-0.1, -0.05) is 12.1 Å². The van der Waals surface area contributed by atoms with E-state index in [2.05, 4.69) is 4.74 Å². The van der Waals surface area contributed by atoms with E-state index < -0.39 is 27.3 Å². The second-order valence-electron chi connectivity index (χ2n) is 6.83. The van der Waals surface area contributed by atoms with Crippen LogP contribution in [0.2, 0.25) is 0 Å². The molecule has 1 aliphatic rings. The summed E-state index contributed by atoms with van der Waals surface area (Å²) < 4.78 is 53.0. The molecule has 3 rings (SSSR count). The van der Waals surface area contributed by atoms with Crippen LogP contribution in [0.15, 0.2) is 47.4 Å². The van der Waals surface area contributed by atoms with Crippen LogP contribution >= 0.6 is 0 Å². The number of halogens is 2. The van der Waals surface area contributed by atoms with Crippen molar-refractivity contribution in [3.05, 3.63) is 58.1 Å². The summed E-state index contributed by atoms with van der Waals surface area (Å²) in [7, 11) is -3.61. The van der Waals surface area contributed by atoms with E-state index in [-0.39, 0.29) is 53.8 Å². The van der Waals surface area contributed by atoms with Crippen molar-refractivity contribution >= 4 is 27.1 Å². The second-order valence-corrected chi connectivity index (χ2v) is 8.85. The predicted molar refractivity (Wildman–Crippen MR) is 107 cm³/mol. The Morgan fingerprint density at radius 1 is 1.13 bits per heavy atom. The van der Waals surface area contributed by atoms with Gasteiger partial charge in [0.2, 0.25) is 0 Å². The Balaban J connectivity index is 1.77. The zero-order valence-corrected chi connectivity index (χ0v) is 17.2. The summed E-state index contributed by atoms with van der Waals surface area (Å²) in [5.74, 6) is -0.713. The fourth-order valence-electron chi connectivity index (χ4n) is 3.31. The topological polar surface area (TPSA) is 110 Å². The minimum atomic E-state index is -3.61. The summed E-state index contributed by atoms with van der Waals surface area (Å²) >= 11 is 0. The number of benzene rings is 2. The number of anilines is 1. The quantitative estimate of drug-likeness (QED) is 0.486. The van der Waals surface area contributed by atoms with Crippen molar-refractivity contribution in [1.29, 1.82) is 0 Å². The van der Waals surface area contributed by atoms with Crippen LogP contribution in [0.1, 0.15) is 10.4 Å². The van der Waals surface area contributed by atoms with E-state index in [1.807, 2.05) is 0 Å². The highest BCUT2D eigenvalue weighted by atomic mass is 32.2. The van der Waals surface area contributed by atoms with Crippen molar-refractivity contribution < 1.29 is 31.7 Å². The van der Waals surface area contributed by atoms with E-state index >= 15 is 0 Å². The van der Waals surface area contributed by atoms with E-state index in [0.29, 0.717) is 0 Å². The van der Waals surface area contributed by atoms with Gasteiger partial charge in [-0.3, -0.25) is 14.9 Å². The molecule has 2 aromatic carbocycles. The third kappa shape index (κ3) is 5.08. The molecule has 9 nitrogen and oxygen atoms in total. The van der Waals surface area contributed by atoms with Crippen molar-refractivity contribution in [3.8, 4) is 5.75 Å². The van der Waals surface area contributed by atoms with Gasteiger partial charge in [-0.05, 0) is 24.3 Å². The SMILES string of the molecule is CS(=O)(=O)c1ccc(N2CCN(C(=O)c3ccccc3OC(F)F)CC2)c([N+](=O)[O-])c1. The van der Waals surface area contributed by atoms with Crippen molar-refractivity contribution in [3.63, 3.8) is 0 Å². The largest absolute Gasteiger partial charge is 0.434 e. The van der Waals surface area contributed by atoms with Crippen molar-refractivity contribution in [2.75, 3.05) is 37.3 Å². The normalized spacial score (nSPS) is 14.6. The van der Waals surface area contributed by atoms with Crippen LogP contribution in [-0.4, -0.2) is 63.2 Å². The number of nitro groups is 1. The molecule has 1 amide bonds. The summed E-state index contributed by atoms with van der Waals surface area (Å²) in [5, 5.41) is 11.5. The Labute approximate surface area is 176 Å². The summed E-state index contributed by atoms with van der Waals surface area (Å²) in [6.45, 7) is -2.22. The number of carbonyl (C=O) groups excluding carboxylic acids is 1. The fourth-order valence-corrected chi connectivity index (χ4v) is 3.95. The predicted octanol–water partition coefficient (Wildman–Crippen LogP) is 2.56. The average Bonchev–Trinajstić information content (AvgIpc) is 2.72. The lowest BCUT2D eigenvalue weighted by molar-refractivity contribution is -0.384. The lowest BCUT2D eigenvalue weighted by Crippen LogP contribution is -2.49. The van der Waals surface area contributed by atoms with E-state index in [4.69, 9.17) is 0 Å². The van der Waals surface area contributed by atoms with Crippen molar-refractivity contribution in [1.82, 2.24) is 4.90 Å². The van der Waals surface area contributed by atoms with Crippen molar-refractivity contribution in [2.45, 2.75) is 11.5 Å². The molecule has 0 atom stereocenters. The fraction of sp³-hybridized carbons (Fsp3) is 0.316. The number of sulfone groups is 1. The number of ether oxygens (including phenoxy) is 1. The van der Waals surface area contributed by atoms with Gasteiger partial charge in [-0.15, -0.1) is 0 Å². The van der Waals surface area contributed by atoms with E-state index in [0.717, 1.165) is 12.3 Å². The molecule has 166 valence electrons. The van der Waals surface area contributed by atoms with Crippen LogP contribution in [-0.2, 0) is 9.84 Å². The molecule has 31 heavy (non-hydrogen) atoms. The molecule has 1 saturated heterocycles. The van der Waals surface area contributed by atoms with E-state index in [1.165, 1.54) is 41.3 Å². The third-order valence-corrected chi connectivity index (χ3v) is 5.92. The maximum atomic E-state index is 12.8. The van der Waals surface area contributed by atoms with Gasteiger partial charge in [0.05, 0.1) is 15.4 Å². The number of hydrogen-bond donors (Lipinski definition) is 0. The van der Waals surface area contributed by atoms with Gasteiger partial charge in [-0.25, -0.2) is 8.42 Å². The molecule has 1 heterocycles. The lowest BCUT2D eigenvalue weighted by atomic mass is 10.1. The molecule has 0 aliphatic carbocycles. The molecular formula is C19H19F2N3O6S. The lowest BCUT2D eigenvalue weighted by Gasteiger charge is -2.36. The molecule has 12 heteroatoms. The number of nitro benzene ring substituents is 1. The van der Waals surface area contributed by atoms with Gasteiger partial charge in [0.25, 0.3) is 11.6 Å². The van der Waals surface area contributed by atoms with Crippen LogP contribution in [0.25, 0.3) is 0 Å². The molecule has 2 aromatic rings. The molecule has 0 bridgehead atoms. The first-order valence-electron chi connectivity index (χ1n) is 9.14. The van der Waals surface area contributed by atoms with Crippen molar-refractivity contribution in [2.24, 2.45) is 0 Å². The molecule has 0 N–H and O–H groups in total. The highest BCUT2D eigenvalue weighted by molar-refractivity contribution is 7.90. The summed E-state index contributed by atoms with van der Waals surface area (Å²) in [6, 6.07) is 9.37. The molecule has 0 aromatic heterocycles. The molecular weight excluding hydrogens is 436 g/mol. The highest BCUT2D eigenvalue weighted by Crippen LogP contribution is 2.32. The number of piperazine rings is 1. The molecule has 0 spiro atoms. The number of nitrogens with zero attached hydrogens (tertiary/aromatic N) is 3. The molecule has 1 aliphatic heterocycles. The number of para-hydroxylation sites is 1. The van der Waals surface area contributed by atoms with Gasteiger partial charge in [0, 0.05) is 38.5 Å². The Kier molecular flexibility index (Phi) is 6.39. The maximum Gasteiger partial charge on any atom is 0.387 e.